The van der Waals surface area contributed by atoms with E-state index >= 15 is 0 Å². The van der Waals surface area contributed by atoms with E-state index in [0.29, 0.717) is 0 Å². The van der Waals surface area contributed by atoms with Gasteiger partial charge < -0.3 is 14.8 Å². The molecule has 0 fully saturated rings. The van der Waals surface area contributed by atoms with Crippen molar-refractivity contribution in [2.75, 3.05) is 26.6 Å². The van der Waals surface area contributed by atoms with E-state index in [-0.39, 0.29) is 47.0 Å². The zero-order chi connectivity index (χ0) is 21.6. The summed E-state index contributed by atoms with van der Waals surface area (Å²) in [5.74, 6) is -3.15. The van der Waals surface area contributed by atoms with Gasteiger partial charge in [0.25, 0.3) is 5.69 Å². The summed E-state index contributed by atoms with van der Waals surface area (Å²) in [6, 6.07) is 5.14. The molecule has 0 amide bonds. The lowest BCUT2D eigenvalue weighted by molar-refractivity contribution is -0.384. The van der Waals surface area contributed by atoms with Gasteiger partial charge in [-0.1, -0.05) is 12.1 Å². The second-order valence-electron chi connectivity index (χ2n) is 5.90. The van der Waals surface area contributed by atoms with E-state index in [4.69, 9.17) is 9.47 Å². The third kappa shape index (κ3) is 4.58. The maximum atomic E-state index is 13.7. The SMILES string of the molecule is CCOC(=O)C1=C(CF)NC(CF)=C(C(=O)OCC)C1c1cccc([N+](=O)[O-])c1. The average molecular weight is 410 g/mol. The number of halogens is 2. The first kappa shape index (κ1) is 22.0. The number of alkyl halides is 2. The number of rotatable bonds is 8. The third-order valence-electron chi connectivity index (χ3n) is 4.20. The van der Waals surface area contributed by atoms with Crippen molar-refractivity contribution in [3.8, 4) is 0 Å². The Morgan fingerprint density at radius 2 is 1.59 bits per heavy atom. The summed E-state index contributed by atoms with van der Waals surface area (Å²) < 4.78 is 37.4. The number of ether oxygens (including phenoxy) is 2. The first-order valence-corrected chi connectivity index (χ1v) is 8.83. The summed E-state index contributed by atoms with van der Waals surface area (Å²) in [5, 5.41) is 13.6. The Balaban J connectivity index is 2.78. The molecule has 0 atom stereocenters. The lowest BCUT2D eigenvalue weighted by Gasteiger charge is -2.30. The molecule has 0 bridgehead atoms. The van der Waals surface area contributed by atoms with E-state index in [2.05, 4.69) is 5.32 Å². The van der Waals surface area contributed by atoms with Crippen LogP contribution in [-0.2, 0) is 19.1 Å². The van der Waals surface area contributed by atoms with Crippen molar-refractivity contribution in [1.29, 1.82) is 0 Å². The zero-order valence-electron chi connectivity index (χ0n) is 15.9. The smallest absolute Gasteiger partial charge is 0.336 e. The van der Waals surface area contributed by atoms with Gasteiger partial charge in [-0.2, -0.15) is 0 Å². The van der Waals surface area contributed by atoms with Crippen molar-refractivity contribution in [2.45, 2.75) is 19.8 Å². The Hall–Kier alpha value is -3.30. The minimum Gasteiger partial charge on any atom is -0.463 e. The molecule has 0 saturated carbocycles. The maximum Gasteiger partial charge on any atom is 0.336 e. The van der Waals surface area contributed by atoms with Crippen molar-refractivity contribution in [2.24, 2.45) is 0 Å². The summed E-state index contributed by atoms with van der Waals surface area (Å²) >= 11 is 0. The number of nitro groups is 1. The minimum atomic E-state index is -1.30. The first-order valence-electron chi connectivity index (χ1n) is 8.83. The molecule has 10 heteroatoms. The summed E-state index contributed by atoms with van der Waals surface area (Å²) in [6.07, 6.45) is 0. The van der Waals surface area contributed by atoms with Gasteiger partial charge >= 0.3 is 11.9 Å². The van der Waals surface area contributed by atoms with E-state index < -0.39 is 36.1 Å². The summed E-state index contributed by atoms with van der Waals surface area (Å²) in [4.78, 5) is 35.7. The maximum absolute atomic E-state index is 13.7. The van der Waals surface area contributed by atoms with E-state index in [1.54, 1.807) is 13.8 Å². The van der Waals surface area contributed by atoms with Gasteiger partial charge in [-0.15, -0.1) is 0 Å². The fraction of sp³-hybridized carbons (Fsp3) is 0.368. The molecule has 0 aromatic heterocycles. The number of nitrogens with zero attached hydrogens (tertiary/aromatic N) is 1. The molecular formula is C19H20F2N2O6. The van der Waals surface area contributed by atoms with Gasteiger partial charge in [0, 0.05) is 12.1 Å². The van der Waals surface area contributed by atoms with Crippen molar-refractivity contribution in [1.82, 2.24) is 5.32 Å². The van der Waals surface area contributed by atoms with Crippen molar-refractivity contribution < 1.29 is 32.8 Å². The van der Waals surface area contributed by atoms with Gasteiger partial charge in [0.2, 0.25) is 0 Å². The lowest BCUT2D eigenvalue weighted by Crippen LogP contribution is -2.35. The molecule has 1 aliphatic rings. The minimum absolute atomic E-state index is 0.0298. The van der Waals surface area contributed by atoms with Crippen LogP contribution in [0.25, 0.3) is 0 Å². The lowest BCUT2D eigenvalue weighted by atomic mass is 9.80. The molecule has 1 aromatic rings. The van der Waals surface area contributed by atoms with Crippen LogP contribution in [0.3, 0.4) is 0 Å². The van der Waals surface area contributed by atoms with E-state index in [1.807, 2.05) is 0 Å². The molecule has 0 spiro atoms. The normalized spacial score (nSPS) is 14.5. The highest BCUT2D eigenvalue weighted by Gasteiger charge is 2.40. The van der Waals surface area contributed by atoms with Crippen LogP contribution >= 0.6 is 0 Å². The highest BCUT2D eigenvalue weighted by molar-refractivity contribution is 6.00. The van der Waals surface area contributed by atoms with E-state index in [0.717, 1.165) is 6.07 Å². The number of carbonyl (C=O) groups excluding carboxylic acids is 2. The van der Waals surface area contributed by atoms with Crippen molar-refractivity contribution in [3.05, 3.63) is 62.5 Å². The van der Waals surface area contributed by atoms with Crippen LogP contribution in [0.2, 0.25) is 0 Å². The molecule has 1 aromatic carbocycles. The predicted molar refractivity (Wildman–Crippen MR) is 98.2 cm³/mol. The average Bonchev–Trinajstić information content (AvgIpc) is 2.72. The molecular weight excluding hydrogens is 390 g/mol. The fourth-order valence-electron chi connectivity index (χ4n) is 3.07. The van der Waals surface area contributed by atoms with Crippen LogP contribution in [0.5, 0.6) is 0 Å². The fourth-order valence-corrected chi connectivity index (χ4v) is 3.07. The van der Waals surface area contributed by atoms with Crippen molar-refractivity contribution in [3.63, 3.8) is 0 Å². The molecule has 8 nitrogen and oxygen atoms in total. The van der Waals surface area contributed by atoms with Crippen molar-refractivity contribution >= 4 is 17.6 Å². The van der Waals surface area contributed by atoms with Gasteiger partial charge in [0.1, 0.15) is 13.3 Å². The molecule has 0 saturated heterocycles. The Labute approximate surface area is 165 Å². The zero-order valence-corrected chi connectivity index (χ0v) is 15.9. The molecule has 1 heterocycles. The third-order valence-corrected chi connectivity index (χ3v) is 4.20. The Bertz CT molecular complexity index is 839. The van der Waals surface area contributed by atoms with Crippen LogP contribution in [0.4, 0.5) is 14.5 Å². The molecule has 0 radical (unpaired) electrons. The van der Waals surface area contributed by atoms with Gasteiger partial charge in [0.05, 0.1) is 46.6 Å². The molecule has 1 N–H and O–H groups in total. The number of hydrogen-bond acceptors (Lipinski definition) is 7. The highest BCUT2D eigenvalue weighted by atomic mass is 19.1. The molecule has 0 aliphatic carbocycles. The number of nitrogens with one attached hydrogen (secondary N) is 1. The van der Waals surface area contributed by atoms with Crippen LogP contribution in [0.15, 0.2) is 46.8 Å². The summed E-state index contributed by atoms with van der Waals surface area (Å²) in [5.41, 5.74) is -1.27. The predicted octanol–water partition coefficient (Wildman–Crippen LogP) is 2.86. The van der Waals surface area contributed by atoms with Gasteiger partial charge in [-0.25, -0.2) is 18.4 Å². The number of nitro benzene ring substituents is 1. The molecule has 1 aliphatic heterocycles. The second-order valence-corrected chi connectivity index (χ2v) is 5.90. The Morgan fingerprint density at radius 1 is 1.07 bits per heavy atom. The standard InChI is InChI=1S/C19H20F2N2O6/c1-3-28-18(24)16-13(9-20)22-14(10-21)17(19(25)29-4-2)15(16)11-6-5-7-12(8-11)23(26)27/h5-8,15,22H,3-4,9-10H2,1-2H3. The quantitative estimate of drug-likeness (QED) is 0.399. The monoisotopic (exact) mass is 410 g/mol. The van der Waals surface area contributed by atoms with Gasteiger partial charge in [-0.05, 0) is 19.4 Å². The van der Waals surface area contributed by atoms with Gasteiger partial charge in [-0.3, -0.25) is 10.1 Å². The largest absolute Gasteiger partial charge is 0.463 e. The number of carbonyl (C=O) groups is 2. The number of esters is 2. The first-order chi connectivity index (χ1) is 13.9. The topological polar surface area (TPSA) is 108 Å². The number of allylic oxidation sites excluding steroid dienone is 2. The summed E-state index contributed by atoms with van der Waals surface area (Å²) in [7, 11) is 0. The second kappa shape index (κ2) is 9.76. The number of benzene rings is 1. The Morgan fingerprint density at radius 3 is 2.00 bits per heavy atom. The molecule has 2 rings (SSSR count). The van der Waals surface area contributed by atoms with Crippen LogP contribution < -0.4 is 5.32 Å². The molecule has 29 heavy (non-hydrogen) atoms. The van der Waals surface area contributed by atoms with Gasteiger partial charge in [0.15, 0.2) is 0 Å². The Kier molecular flexibility index (Phi) is 7.40. The van der Waals surface area contributed by atoms with E-state index in [9.17, 15) is 28.5 Å². The van der Waals surface area contributed by atoms with E-state index in [1.165, 1.54) is 18.2 Å². The van der Waals surface area contributed by atoms with Crippen LogP contribution in [0.1, 0.15) is 25.3 Å². The van der Waals surface area contributed by atoms with Crippen LogP contribution in [0, 0.1) is 10.1 Å². The molecule has 0 unspecified atom stereocenters. The molecule has 156 valence electrons. The summed E-state index contributed by atoms with van der Waals surface area (Å²) in [6.45, 7) is 0.691. The number of hydrogen-bond donors (Lipinski definition) is 1. The number of dihydropyridines is 1. The highest BCUT2D eigenvalue weighted by Crippen LogP contribution is 2.40. The number of non-ortho nitro benzene ring substituents is 1. The van der Waals surface area contributed by atoms with Crippen LogP contribution in [-0.4, -0.2) is 43.4 Å².